The molecule has 4 nitrogen and oxygen atoms in total. The van der Waals surface area contributed by atoms with Crippen molar-refractivity contribution in [2.45, 2.75) is 13.8 Å². The second-order valence-electron chi connectivity index (χ2n) is 4.44. The molecule has 0 fully saturated rings. The lowest BCUT2D eigenvalue weighted by molar-refractivity contribution is 0.0946. The average Bonchev–Trinajstić information content (AvgIpc) is 2.45. The molecule has 2 rings (SSSR count). The summed E-state index contributed by atoms with van der Waals surface area (Å²) in [5.74, 6) is -1.02. The highest BCUT2D eigenvalue weighted by Crippen LogP contribution is 2.11. The summed E-state index contributed by atoms with van der Waals surface area (Å²) in [7, 11) is 0. The molecular formula is C16H14N2O2. The van der Waals surface area contributed by atoms with Gasteiger partial charge in [0, 0.05) is 11.1 Å². The molecule has 0 aliphatic rings. The van der Waals surface area contributed by atoms with Gasteiger partial charge in [0.15, 0.2) is 0 Å². The highest BCUT2D eigenvalue weighted by molar-refractivity contribution is 6.00. The van der Waals surface area contributed by atoms with Gasteiger partial charge in [-0.2, -0.15) is 0 Å². The maximum Gasteiger partial charge on any atom is 0.295 e. The minimum Gasteiger partial charge on any atom is -0.265 e. The SMILES string of the molecule is Cc1ccccc1C(=O)N=NC(=O)c1ccccc1C. The Morgan fingerprint density at radius 3 is 1.40 bits per heavy atom. The monoisotopic (exact) mass is 266 g/mol. The normalized spacial score (nSPS) is 10.7. The molecule has 0 aromatic heterocycles. The molecule has 0 aliphatic carbocycles. The first-order valence-corrected chi connectivity index (χ1v) is 6.21. The van der Waals surface area contributed by atoms with Crippen LogP contribution in [-0.2, 0) is 0 Å². The van der Waals surface area contributed by atoms with Crippen LogP contribution in [0.1, 0.15) is 31.8 Å². The first-order valence-electron chi connectivity index (χ1n) is 6.21. The van der Waals surface area contributed by atoms with Crippen molar-refractivity contribution in [1.29, 1.82) is 0 Å². The zero-order valence-corrected chi connectivity index (χ0v) is 11.3. The Labute approximate surface area is 117 Å². The van der Waals surface area contributed by atoms with Crippen LogP contribution in [0.4, 0.5) is 0 Å². The minimum atomic E-state index is -0.509. The zero-order valence-electron chi connectivity index (χ0n) is 11.3. The van der Waals surface area contributed by atoms with Crippen molar-refractivity contribution in [3.63, 3.8) is 0 Å². The molecule has 0 saturated heterocycles. The number of amides is 2. The van der Waals surface area contributed by atoms with Crippen LogP contribution in [-0.4, -0.2) is 11.8 Å². The highest BCUT2D eigenvalue weighted by Gasteiger charge is 2.10. The third-order valence-electron chi connectivity index (χ3n) is 2.98. The Bertz CT molecular complexity index is 631. The van der Waals surface area contributed by atoms with Crippen LogP contribution in [0.15, 0.2) is 58.8 Å². The summed E-state index contributed by atoms with van der Waals surface area (Å²) in [5.41, 5.74) is 2.52. The smallest absolute Gasteiger partial charge is 0.265 e. The van der Waals surface area contributed by atoms with Crippen molar-refractivity contribution >= 4 is 11.8 Å². The van der Waals surface area contributed by atoms with Gasteiger partial charge in [-0.1, -0.05) is 36.4 Å². The molecule has 0 N–H and O–H groups in total. The number of benzene rings is 2. The predicted octanol–water partition coefficient (Wildman–Crippen LogP) is 3.74. The van der Waals surface area contributed by atoms with Crippen molar-refractivity contribution in [2.75, 3.05) is 0 Å². The fraction of sp³-hybridized carbons (Fsp3) is 0.125. The third kappa shape index (κ3) is 3.03. The van der Waals surface area contributed by atoms with Crippen molar-refractivity contribution in [3.8, 4) is 0 Å². The van der Waals surface area contributed by atoms with E-state index in [1.807, 2.05) is 38.1 Å². The topological polar surface area (TPSA) is 58.9 Å². The fourth-order valence-electron chi connectivity index (χ4n) is 1.82. The third-order valence-corrected chi connectivity index (χ3v) is 2.98. The molecule has 0 bridgehead atoms. The van der Waals surface area contributed by atoms with E-state index in [0.717, 1.165) is 11.1 Å². The van der Waals surface area contributed by atoms with Gasteiger partial charge in [0.2, 0.25) is 0 Å². The minimum absolute atomic E-state index is 0.453. The standard InChI is InChI=1S/C16H14N2O2/c1-11-7-3-5-9-13(11)15(19)17-18-16(20)14-10-6-4-8-12(14)2/h3-10H,1-2H3. The van der Waals surface area contributed by atoms with Crippen molar-refractivity contribution in [3.05, 3.63) is 70.8 Å². The lowest BCUT2D eigenvalue weighted by Gasteiger charge is -2.00. The van der Waals surface area contributed by atoms with Gasteiger partial charge in [0.25, 0.3) is 11.8 Å². The summed E-state index contributed by atoms with van der Waals surface area (Å²) in [5, 5.41) is 7.02. The van der Waals surface area contributed by atoms with Crippen LogP contribution < -0.4 is 0 Å². The summed E-state index contributed by atoms with van der Waals surface area (Å²) >= 11 is 0. The Balaban J connectivity index is 2.18. The Hall–Kier alpha value is -2.62. The Morgan fingerprint density at radius 1 is 0.700 bits per heavy atom. The molecule has 4 heteroatoms. The number of rotatable bonds is 2. The van der Waals surface area contributed by atoms with Gasteiger partial charge in [-0.3, -0.25) is 9.59 Å². The van der Waals surface area contributed by atoms with E-state index in [9.17, 15) is 9.59 Å². The molecule has 2 aromatic rings. The van der Waals surface area contributed by atoms with Gasteiger partial charge in [0.1, 0.15) is 0 Å². The van der Waals surface area contributed by atoms with Crippen molar-refractivity contribution in [2.24, 2.45) is 10.2 Å². The number of hydrogen-bond acceptors (Lipinski definition) is 2. The molecule has 0 atom stereocenters. The molecule has 0 saturated carbocycles. The molecule has 2 aromatic carbocycles. The number of azo groups is 1. The fourth-order valence-corrected chi connectivity index (χ4v) is 1.82. The summed E-state index contributed by atoms with van der Waals surface area (Å²) in [6.45, 7) is 3.62. The number of nitrogens with zero attached hydrogens (tertiary/aromatic N) is 2. The average molecular weight is 266 g/mol. The van der Waals surface area contributed by atoms with Crippen LogP contribution >= 0.6 is 0 Å². The lowest BCUT2D eigenvalue weighted by atomic mass is 10.1. The van der Waals surface area contributed by atoms with E-state index in [2.05, 4.69) is 10.2 Å². The van der Waals surface area contributed by atoms with E-state index < -0.39 is 11.8 Å². The highest BCUT2D eigenvalue weighted by atomic mass is 16.2. The summed E-state index contributed by atoms with van der Waals surface area (Å²) in [6, 6.07) is 14.1. The summed E-state index contributed by atoms with van der Waals surface area (Å²) in [6.07, 6.45) is 0. The van der Waals surface area contributed by atoms with E-state index in [0.29, 0.717) is 11.1 Å². The first-order chi connectivity index (χ1) is 9.59. The molecule has 2 amide bonds. The molecule has 0 spiro atoms. The van der Waals surface area contributed by atoms with E-state index in [1.54, 1.807) is 24.3 Å². The van der Waals surface area contributed by atoms with E-state index in [-0.39, 0.29) is 0 Å². The molecule has 100 valence electrons. The number of carbonyl (C=O) groups is 2. The van der Waals surface area contributed by atoms with Crippen LogP contribution in [0, 0.1) is 13.8 Å². The lowest BCUT2D eigenvalue weighted by Crippen LogP contribution is -2.01. The predicted molar refractivity (Wildman–Crippen MR) is 75.9 cm³/mol. The second kappa shape index (κ2) is 6.02. The van der Waals surface area contributed by atoms with Crippen molar-refractivity contribution in [1.82, 2.24) is 0 Å². The van der Waals surface area contributed by atoms with E-state index in [4.69, 9.17) is 0 Å². The summed E-state index contributed by atoms with van der Waals surface area (Å²) < 4.78 is 0. The van der Waals surface area contributed by atoms with Gasteiger partial charge in [-0.05, 0) is 37.1 Å². The Morgan fingerprint density at radius 2 is 1.05 bits per heavy atom. The second-order valence-corrected chi connectivity index (χ2v) is 4.44. The molecule has 20 heavy (non-hydrogen) atoms. The molecule has 0 heterocycles. The van der Waals surface area contributed by atoms with Gasteiger partial charge in [-0.15, -0.1) is 10.2 Å². The largest absolute Gasteiger partial charge is 0.295 e. The quantitative estimate of drug-likeness (QED) is 0.777. The van der Waals surface area contributed by atoms with Gasteiger partial charge < -0.3 is 0 Å². The number of aryl methyl sites for hydroxylation is 2. The van der Waals surface area contributed by atoms with Gasteiger partial charge >= 0.3 is 0 Å². The van der Waals surface area contributed by atoms with Gasteiger partial charge in [0.05, 0.1) is 0 Å². The van der Waals surface area contributed by atoms with Crippen LogP contribution in [0.5, 0.6) is 0 Å². The zero-order chi connectivity index (χ0) is 14.5. The number of carbonyl (C=O) groups excluding carboxylic acids is 2. The van der Waals surface area contributed by atoms with Crippen molar-refractivity contribution < 1.29 is 9.59 Å². The van der Waals surface area contributed by atoms with Crippen LogP contribution in [0.25, 0.3) is 0 Å². The molecular weight excluding hydrogens is 252 g/mol. The van der Waals surface area contributed by atoms with E-state index >= 15 is 0 Å². The molecule has 0 radical (unpaired) electrons. The maximum atomic E-state index is 11.9. The molecule has 0 unspecified atom stereocenters. The summed E-state index contributed by atoms with van der Waals surface area (Å²) in [4.78, 5) is 23.7. The number of hydrogen-bond donors (Lipinski definition) is 0. The van der Waals surface area contributed by atoms with Crippen LogP contribution in [0.3, 0.4) is 0 Å². The maximum absolute atomic E-state index is 11.9. The van der Waals surface area contributed by atoms with E-state index in [1.165, 1.54) is 0 Å². The Kier molecular flexibility index (Phi) is 4.15. The first kappa shape index (κ1) is 13.8. The molecule has 0 aliphatic heterocycles. The van der Waals surface area contributed by atoms with Crippen LogP contribution in [0.2, 0.25) is 0 Å². The van der Waals surface area contributed by atoms with Gasteiger partial charge in [-0.25, -0.2) is 0 Å².